The Kier molecular flexibility index (Phi) is 6.70. The molecule has 1 N–H and O–H groups in total. The van der Waals surface area contributed by atoms with Crippen molar-refractivity contribution >= 4 is 22.0 Å². The number of halogens is 1. The summed E-state index contributed by atoms with van der Waals surface area (Å²) in [5.74, 6) is -0.181. The van der Waals surface area contributed by atoms with Gasteiger partial charge in [-0.2, -0.15) is 0 Å². The molecule has 0 aliphatic carbocycles. The number of hydrogen-bond acceptors (Lipinski definition) is 3. The first kappa shape index (κ1) is 21.1. The topological polar surface area (TPSA) is 51.2 Å². The molecule has 0 bridgehead atoms. The number of nitrogens with zero attached hydrogens (tertiary/aromatic N) is 1. The van der Waals surface area contributed by atoms with Crippen LogP contribution < -0.4 is 5.32 Å². The van der Waals surface area contributed by atoms with Gasteiger partial charge in [-0.05, 0) is 56.2 Å². The van der Waals surface area contributed by atoms with Crippen LogP contribution in [-0.2, 0) is 4.74 Å². The van der Waals surface area contributed by atoms with Crippen LogP contribution in [0.5, 0.6) is 0 Å². The molecule has 2 aromatic carbocycles. The highest BCUT2D eigenvalue weighted by Crippen LogP contribution is 2.36. The van der Waals surface area contributed by atoms with E-state index in [4.69, 9.17) is 4.74 Å². The van der Waals surface area contributed by atoms with Crippen LogP contribution in [0.1, 0.15) is 49.6 Å². The number of carbonyl (C=O) groups excluding carboxylic acids is 1. The molecule has 0 saturated carbocycles. The zero-order valence-corrected chi connectivity index (χ0v) is 18.4. The second-order valence-electron chi connectivity index (χ2n) is 7.82. The van der Waals surface area contributed by atoms with Gasteiger partial charge in [-0.3, -0.25) is 4.98 Å². The van der Waals surface area contributed by atoms with Gasteiger partial charge in [0, 0.05) is 10.7 Å². The Morgan fingerprint density at radius 1 is 0.931 bits per heavy atom. The molecule has 4 nitrogen and oxygen atoms in total. The van der Waals surface area contributed by atoms with E-state index in [1.54, 1.807) is 6.20 Å². The molecular formula is C24H25BrN2O2. The average Bonchev–Trinajstić information content (AvgIpc) is 2.69. The van der Waals surface area contributed by atoms with Gasteiger partial charge in [-0.15, -0.1) is 0 Å². The molecule has 0 saturated heterocycles. The maximum Gasteiger partial charge on any atom is 0.408 e. The zero-order chi connectivity index (χ0) is 20.9. The normalized spacial score (nSPS) is 13.4. The minimum absolute atomic E-state index is 0.181. The van der Waals surface area contributed by atoms with E-state index in [0.29, 0.717) is 0 Å². The summed E-state index contributed by atoms with van der Waals surface area (Å²) in [5.41, 5.74) is 2.33. The molecule has 2 atom stereocenters. The van der Waals surface area contributed by atoms with Gasteiger partial charge >= 0.3 is 6.09 Å². The Balaban J connectivity index is 2.07. The number of ether oxygens (including phenoxy) is 1. The fraction of sp³-hybridized carbons (Fsp3) is 0.250. The monoisotopic (exact) mass is 452 g/mol. The van der Waals surface area contributed by atoms with E-state index >= 15 is 0 Å². The van der Waals surface area contributed by atoms with Gasteiger partial charge in [0.2, 0.25) is 0 Å². The second-order valence-corrected chi connectivity index (χ2v) is 8.73. The van der Waals surface area contributed by atoms with Gasteiger partial charge < -0.3 is 10.1 Å². The van der Waals surface area contributed by atoms with E-state index in [1.807, 2.05) is 81.4 Å². The Labute approximate surface area is 180 Å². The van der Waals surface area contributed by atoms with Gasteiger partial charge in [0.25, 0.3) is 0 Å². The van der Waals surface area contributed by atoms with Crippen molar-refractivity contribution < 1.29 is 9.53 Å². The highest BCUT2D eigenvalue weighted by Gasteiger charge is 2.30. The van der Waals surface area contributed by atoms with Gasteiger partial charge in [0.05, 0.1) is 17.7 Å². The van der Waals surface area contributed by atoms with Crippen molar-refractivity contribution in [2.45, 2.75) is 38.3 Å². The van der Waals surface area contributed by atoms with Crippen LogP contribution in [-0.4, -0.2) is 16.7 Å². The number of rotatable bonds is 5. The lowest BCUT2D eigenvalue weighted by Crippen LogP contribution is -2.37. The quantitative estimate of drug-likeness (QED) is 0.498. The molecule has 0 radical (unpaired) electrons. The van der Waals surface area contributed by atoms with Crippen LogP contribution in [0.3, 0.4) is 0 Å². The minimum Gasteiger partial charge on any atom is -0.444 e. The third-order valence-corrected chi connectivity index (χ3v) is 4.93. The molecule has 1 aromatic heterocycles. The highest BCUT2D eigenvalue weighted by molar-refractivity contribution is 9.10. The first-order valence-corrected chi connectivity index (χ1v) is 10.3. The number of carbonyl (C=O) groups is 1. The second kappa shape index (κ2) is 9.23. The molecule has 1 amide bonds. The Morgan fingerprint density at radius 3 is 2.17 bits per heavy atom. The van der Waals surface area contributed by atoms with Gasteiger partial charge in [0.1, 0.15) is 5.60 Å². The van der Waals surface area contributed by atoms with Crippen molar-refractivity contribution in [1.29, 1.82) is 0 Å². The number of amides is 1. The summed E-state index contributed by atoms with van der Waals surface area (Å²) < 4.78 is 6.55. The molecule has 3 rings (SSSR count). The van der Waals surface area contributed by atoms with Gasteiger partial charge in [-0.1, -0.05) is 64.5 Å². The van der Waals surface area contributed by atoms with E-state index < -0.39 is 11.7 Å². The first-order valence-electron chi connectivity index (χ1n) is 9.54. The number of aromatic nitrogens is 1. The van der Waals surface area contributed by atoms with Crippen LogP contribution in [0.15, 0.2) is 83.5 Å². The van der Waals surface area contributed by atoms with Crippen LogP contribution >= 0.6 is 15.9 Å². The molecule has 0 aliphatic rings. The minimum atomic E-state index is -0.580. The fourth-order valence-electron chi connectivity index (χ4n) is 3.22. The molecule has 29 heavy (non-hydrogen) atoms. The number of nitrogens with one attached hydrogen (secondary N) is 1. The summed E-state index contributed by atoms with van der Waals surface area (Å²) >= 11 is 3.50. The summed E-state index contributed by atoms with van der Waals surface area (Å²) in [4.78, 5) is 17.3. The van der Waals surface area contributed by atoms with Crippen molar-refractivity contribution in [3.05, 3.63) is 100 Å². The van der Waals surface area contributed by atoms with Crippen molar-refractivity contribution in [2.75, 3.05) is 0 Å². The lowest BCUT2D eigenvalue weighted by atomic mass is 9.84. The third-order valence-electron chi connectivity index (χ3n) is 4.40. The molecule has 5 heteroatoms. The maximum absolute atomic E-state index is 12.7. The van der Waals surface area contributed by atoms with E-state index in [0.717, 1.165) is 21.3 Å². The molecule has 150 valence electrons. The summed E-state index contributed by atoms with van der Waals surface area (Å²) in [6, 6.07) is 23.5. The molecule has 0 spiro atoms. The van der Waals surface area contributed by atoms with E-state index in [-0.39, 0.29) is 12.0 Å². The molecule has 3 aromatic rings. The average molecular weight is 453 g/mol. The Bertz CT molecular complexity index is 923. The largest absolute Gasteiger partial charge is 0.444 e. The van der Waals surface area contributed by atoms with Crippen molar-refractivity contribution in [1.82, 2.24) is 10.3 Å². The summed E-state index contributed by atoms with van der Waals surface area (Å²) in [6.45, 7) is 5.57. The standard InChI is InChI=1S/C24H25BrN2O2/c1-24(2,3)29-23(28)27-22(18-9-5-4-6-10-18)21(20-11-7-8-16-26-20)17-12-14-19(25)15-13-17/h4-16,21-22H,1-3H3,(H,27,28)/t21-,22-/m0/s1. The lowest BCUT2D eigenvalue weighted by Gasteiger charge is -2.30. The van der Waals surface area contributed by atoms with Crippen LogP contribution in [0.25, 0.3) is 0 Å². The smallest absolute Gasteiger partial charge is 0.408 e. The van der Waals surface area contributed by atoms with Gasteiger partial charge in [-0.25, -0.2) is 4.79 Å². The van der Waals surface area contributed by atoms with E-state index in [1.165, 1.54) is 0 Å². The van der Waals surface area contributed by atoms with Crippen molar-refractivity contribution in [3.8, 4) is 0 Å². The molecular weight excluding hydrogens is 428 g/mol. The summed E-state index contributed by atoms with van der Waals surface area (Å²) in [6.07, 6.45) is 1.32. The van der Waals surface area contributed by atoms with E-state index in [2.05, 4.69) is 38.4 Å². The van der Waals surface area contributed by atoms with Gasteiger partial charge in [0.15, 0.2) is 0 Å². The predicted octanol–water partition coefficient (Wildman–Crippen LogP) is 6.24. The SMILES string of the molecule is CC(C)(C)OC(=O)N[C@@H](c1ccccc1)[C@@H](c1ccc(Br)cc1)c1ccccn1. The molecule has 0 fully saturated rings. The van der Waals surface area contributed by atoms with E-state index in [9.17, 15) is 4.79 Å². The van der Waals surface area contributed by atoms with Crippen LogP contribution in [0.4, 0.5) is 4.79 Å². The number of alkyl carbamates (subject to hydrolysis) is 1. The Hall–Kier alpha value is -2.66. The zero-order valence-electron chi connectivity index (χ0n) is 16.8. The lowest BCUT2D eigenvalue weighted by molar-refractivity contribution is 0.0498. The number of benzene rings is 2. The predicted molar refractivity (Wildman–Crippen MR) is 119 cm³/mol. The highest BCUT2D eigenvalue weighted by atomic mass is 79.9. The van der Waals surface area contributed by atoms with Crippen LogP contribution in [0.2, 0.25) is 0 Å². The molecule has 1 heterocycles. The Morgan fingerprint density at radius 2 is 1.59 bits per heavy atom. The summed E-state index contributed by atoms with van der Waals surface area (Å²) in [5, 5.41) is 3.09. The van der Waals surface area contributed by atoms with Crippen molar-refractivity contribution in [2.24, 2.45) is 0 Å². The molecule has 0 unspecified atom stereocenters. The number of hydrogen-bond donors (Lipinski definition) is 1. The number of pyridine rings is 1. The van der Waals surface area contributed by atoms with Crippen molar-refractivity contribution in [3.63, 3.8) is 0 Å². The molecule has 0 aliphatic heterocycles. The summed E-state index contributed by atoms with van der Waals surface area (Å²) in [7, 11) is 0. The third kappa shape index (κ3) is 5.91. The maximum atomic E-state index is 12.7. The fourth-order valence-corrected chi connectivity index (χ4v) is 3.48. The first-order chi connectivity index (χ1) is 13.8. The van der Waals surface area contributed by atoms with Crippen LogP contribution in [0, 0.1) is 0 Å².